The standard InChI is InChI=1S/C12H26N2S/c1-9(2)10(3)14(6)8-7-12(4,5)11(13)15/h9-10H,7-8H2,1-6H3,(H2,13,15). The summed E-state index contributed by atoms with van der Waals surface area (Å²) in [6, 6.07) is 0.604. The number of nitrogens with zero attached hydrogens (tertiary/aromatic N) is 1. The lowest BCUT2D eigenvalue weighted by atomic mass is 9.89. The first-order chi connectivity index (χ1) is 6.68. The first-order valence-corrected chi connectivity index (χ1v) is 6.09. The average molecular weight is 230 g/mol. The topological polar surface area (TPSA) is 29.3 Å². The van der Waals surface area contributed by atoms with Crippen LogP contribution in [0.4, 0.5) is 0 Å². The van der Waals surface area contributed by atoms with E-state index >= 15 is 0 Å². The van der Waals surface area contributed by atoms with E-state index in [1.54, 1.807) is 0 Å². The molecule has 0 fully saturated rings. The van der Waals surface area contributed by atoms with Crippen molar-refractivity contribution < 1.29 is 0 Å². The van der Waals surface area contributed by atoms with E-state index in [4.69, 9.17) is 18.0 Å². The number of rotatable bonds is 6. The smallest absolute Gasteiger partial charge is 0.0784 e. The zero-order chi connectivity index (χ0) is 12.2. The first kappa shape index (κ1) is 14.8. The van der Waals surface area contributed by atoms with Crippen LogP contribution >= 0.6 is 12.2 Å². The van der Waals surface area contributed by atoms with E-state index < -0.39 is 0 Å². The number of thiocarbonyl (C=S) groups is 1. The summed E-state index contributed by atoms with van der Waals surface area (Å²) >= 11 is 5.06. The van der Waals surface area contributed by atoms with E-state index in [2.05, 4.69) is 46.6 Å². The van der Waals surface area contributed by atoms with Crippen molar-refractivity contribution in [2.45, 2.75) is 47.1 Å². The molecule has 0 aromatic heterocycles. The molecule has 0 amide bonds. The summed E-state index contributed by atoms with van der Waals surface area (Å²) in [5, 5.41) is 0. The molecular weight excluding hydrogens is 204 g/mol. The van der Waals surface area contributed by atoms with E-state index in [-0.39, 0.29) is 5.41 Å². The third kappa shape index (κ3) is 4.94. The van der Waals surface area contributed by atoms with Crippen molar-refractivity contribution in [3.05, 3.63) is 0 Å². The van der Waals surface area contributed by atoms with Gasteiger partial charge in [-0.25, -0.2) is 0 Å². The molecule has 15 heavy (non-hydrogen) atoms. The van der Waals surface area contributed by atoms with Gasteiger partial charge in [0.2, 0.25) is 0 Å². The Morgan fingerprint density at radius 3 is 2.13 bits per heavy atom. The molecule has 0 saturated carbocycles. The van der Waals surface area contributed by atoms with Gasteiger partial charge in [-0.2, -0.15) is 0 Å². The number of hydrogen-bond acceptors (Lipinski definition) is 2. The molecule has 0 radical (unpaired) electrons. The van der Waals surface area contributed by atoms with Gasteiger partial charge in [-0.15, -0.1) is 0 Å². The van der Waals surface area contributed by atoms with Gasteiger partial charge in [0.05, 0.1) is 4.99 Å². The highest BCUT2D eigenvalue weighted by Crippen LogP contribution is 2.21. The maximum Gasteiger partial charge on any atom is 0.0784 e. The van der Waals surface area contributed by atoms with E-state index in [0.717, 1.165) is 13.0 Å². The van der Waals surface area contributed by atoms with E-state index in [1.807, 2.05) is 0 Å². The Kier molecular flexibility index (Phi) is 5.75. The Morgan fingerprint density at radius 1 is 1.33 bits per heavy atom. The van der Waals surface area contributed by atoms with E-state index in [9.17, 15) is 0 Å². The largest absolute Gasteiger partial charge is 0.393 e. The van der Waals surface area contributed by atoms with E-state index in [1.165, 1.54) is 0 Å². The van der Waals surface area contributed by atoms with Crippen LogP contribution in [0.2, 0.25) is 0 Å². The van der Waals surface area contributed by atoms with Crippen LogP contribution in [-0.2, 0) is 0 Å². The number of hydrogen-bond donors (Lipinski definition) is 1. The highest BCUT2D eigenvalue weighted by atomic mass is 32.1. The minimum absolute atomic E-state index is 0.0275. The normalized spacial score (nSPS) is 14.7. The minimum atomic E-state index is -0.0275. The summed E-state index contributed by atoms with van der Waals surface area (Å²) in [6.07, 6.45) is 1.02. The SMILES string of the molecule is CC(C)C(C)N(C)CCC(C)(C)C(N)=S. The van der Waals surface area contributed by atoms with Crippen LogP contribution in [0.25, 0.3) is 0 Å². The molecule has 0 heterocycles. The fraction of sp³-hybridized carbons (Fsp3) is 0.917. The second-order valence-electron chi connectivity index (χ2n) is 5.46. The summed E-state index contributed by atoms with van der Waals surface area (Å²) in [5.74, 6) is 0.683. The van der Waals surface area contributed by atoms with Crippen LogP contribution in [0.3, 0.4) is 0 Å². The van der Waals surface area contributed by atoms with Gasteiger partial charge in [0.1, 0.15) is 0 Å². The molecular formula is C12H26N2S. The third-order valence-corrected chi connectivity index (χ3v) is 3.97. The lowest BCUT2D eigenvalue weighted by molar-refractivity contribution is 0.191. The summed E-state index contributed by atoms with van der Waals surface area (Å²) in [6.45, 7) is 12.0. The molecule has 0 aromatic rings. The van der Waals surface area contributed by atoms with E-state index in [0.29, 0.717) is 16.9 Å². The van der Waals surface area contributed by atoms with Gasteiger partial charge in [-0.05, 0) is 32.9 Å². The molecule has 2 N–H and O–H groups in total. The van der Waals surface area contributed by atoms with Crippen molar-refractivity contribution in [3.63, 3.8) is 0 Å². The molecule has 3 heteroatoms. The van der Waals surface area contributed by atoms with Gasteiger partial charge in [0, 0.05) is 11.5 Å². The molecule has 1 atom stereocenters. The Labute approximate surface area is 100 Å². The summed E-state index contributed by atoms with van der Waals surface area (Å²) < 4.78 is 0. The zero-order valence-corrected chi connectivity index (χ0v) is 11.8. The second kappa shape index (κ2) is 5.80. The van der Waals surface area contributed by atoms with Gasteiger partial charge in [-0.1, -0.05) is 39.9 Å². The van der Waals surface area contributed by atoms with Crippen LogP contribution in [-0.4, -0.2) is 29.5 Å². The maximum absolute atomic E-state index is 5.71. The highest BCUT2D eigenvalue weighted by molar-refractivity contribution is 7.80. The van der Waals surface area contributed by atoms with Gasteiger partial charge < -0.3 is 10.6 Å². The molecule has 0 aromatic carbocycles. The molecule has 0 spiro atoms. The Bertz CT molecular complexity index is 212. The minimum Gasteiger partial charge on any atom is -0.393 e. The lowest BCUT2D eigenvalue weighted by Crippen LogP contribution is -2.38. The molecule has 0 aliphatic carbocycles. The summed E-state index contributed by atoms with van der Waals surface area (Å²) in [5.41, 5.74) is 5.68. The number of nitrogens with two attached hydrogens (primary N) is 1. The van der Waals surface area contributed by atoms with Gasteiger partial charge in [0.25, 0.3) is 0 Å². The highest BCUT2D eigenvalue weighted by Gasteiger charge is 2.23. The molecule has 0 bridgehead atoms. The summed E-state index contributed by atoms with van der Waals surface area (Å²) in [7, 11) is 2.17. The predicted octanol–water partition coefficient (Wildman–Crippen LogP) is 2.67. The summed E-state index contributed by atoms with van der Waals surface area (Å²) in [4.78, 5) is 3.00. The van der Waals surface area contributed by atoms with Crippen LogP contribution in [0, 0.1) is 11.3 Å². The van der Waals surface area contributed by atoms with Gasteiger partial charge in [0.15, 0.2) is 0 Å². The molecule has 0 aliphatic rings. The van der Waals surface area contributed by atoms with Crippen LogP contribution in [0.15, 0.2) is 0 Å². The molecule has 1 unspecified atom stereocenters. The quantitative estimate of drug-likeness (QED) is 0.711. The molecule has 0 aliphatic heterocycles. The maximum atomic E-state index is 5.71. The van der Waals surface area contributed by atoms with Gasteiger partial charge >= 0.3 is 0 Å². The van der Waals surface area contributed by atoms with Crippen molar-refractivity contribution in [1.82, 2.24) is 4.90 Å². The fourth-order valence-corrected chi connectivity index (χ4v) is 1.39. The Balaban J connectivity index is 4.11. The Morgan fingerprint density at radius 2 is 1.80 bits per heavy atom. The fourth-order valence-electron chi connectivity index (χ4n) is 1.29. The zero-order valence-electron chi connectivity index (χ0n) is 11.0. The monoisotopic (exact) mass is 230 g/mol. The third-order valence-electron chi connectivity index (χ3n) is 3.42. The van der Waals surface area contributed by atoms with Crippen LogP contribution in [0.5, 0.6) is 0 Å². The van der Waals surface area contributed by atoms with Crippen molar-refractivity contribution in [2.75, 3.05) is 13.6 Å². The van der Waals surface area contributed by atoms with Gasteiger partial charge in [-0.3, -0.25) is 0 Å². The van der Waals surface area contributed by atoms with Crippen LogP contribution in [0.1, 0.15) is 41.0 Å². The molecule has 90 valence electrons. The van der Waals surface area contributed by atoms with Crippen molar-refractivity contribution in [2.24, 2.45) is 17.1 Å². The predicted molar refractivity (Wildman–Crippen MR) is 72.1 cm³/mol. The first-order valence-electron chi connectivity index (χ1n) is 5.68. The molecule has 0 rings (SSSR count). The van der Waals surface area contributed by atoms with Crippen molar-refractivity contribution in [3.8, 4) is 0 Å². The molecule has 0 saturated heterocycles. The van der Waals surface area contributed by atoms with Crippen molar-refractivity contribution >= 4 is 17.2 Å². The second-order valence-corrected chi connectivity index (χ2v) is 5.90. The molecule has 2 nitrogen and oxygen atoms in total. The average Bonchev–Trinajstić information content (AvgIpc) is 2.12. The van der Waals surface area contributed by atoms with Crippen LogP contribution < -0.4 is 5.73 Å². The Hall–Kier alpha value is -0.150. The van der Waals surface area contributed by atoms with Crippen molar-refractivity contribution in [1.29, 1.82) is 0 Å². The lowest BCUT2D eigenvalue weighted by Gasteiger charge is -2.31.